The Bertz CT molecular complexity index is 803. The highest BCUT2D eigenvalue weighted by molar-refractivity contribution is 9.10. The van der Waals surface area contributed by atoms with Crippen LogP contribution in [0.5, 0.6) is 11.5 Å². The Kier molecular flexibility index (Phi) is 6.15. The summed E-state index contributed by atoms with van der Waals surface area (Å²) in [6.45, 7) is 0. The fraction of sp³-hybridized carbons (Fsp3) is 0.318. The largest absolute Gasteiger partial charge is 0.503 e. The first-order valence-corrected chi connectivity index (χ1v) is 9.76. The Labute approximate surface area is 162 Å². The zero-order valence-electron chi connectivity index (χ0n) is 14.9. The molecule has 1 aliphatic rings. The Morgan fingerprint density at radius 3 is 2.50 bits per heavy atom. The predicted molar refractivity (Wildman–Crippen MR) is 108 cm³/mol. The van der Waals surface area contributed by atoms with Gasteiger partial charge < -0.3 is 9.84 Å². The maximum Gasteiger partial charge on any atom is 0.185 e. The van der Waals surface area contributed by atoms with Crippen LogP contribution in [-0.2, 0) is 0 Å². The van der Waals surface area contributed by atoms with E-state index in [0.717, 1.165) is 5.56 Å². The van der Waals surface area contributed by atoms with Gasteiger partial charge in [0.25, 0.3) is 0 Å². The molecule has 26 heavy (non-hydrogen) atoms. The number of allylic oxidation sites excluding steroid dienone is 1. The average molecular weight is 415 g/mol. The van der Waals surface area contributed by atoms with E-state index in [4.69, 9.17) is 4.74 Å². The molecule has 0 atom stereocenters. The summed E-state index contributed by atoms with van der Waals surface area (Å²) in [5.41, 5.74) is 2.81. The molecule has 0 saturated heterocycles. The summed E-state index contributed by atoms with van der Waals surface area (Å²) in [4.78, 5) is 12.4. The third kappa shape index (κ3) is 4.36. The van der Waals surface area contributed by atoms with Gasteiger partial charge in [-0.2, -0.15) is 0 Å². The monoisotopic (exact) mass is 414 g/mol. The molecule has 0 amide bonds. The minimum absolute atomic E-state index is 0.0386. The van der Waals surface area contributed by atoms with Gasteiger partial charge >= 0.3 is 0 Å². The van der Waals surface area contributed by atoms with Crippen molar-refractivity contribution in [3.05, 3.63) is 63.6 Å². The minimum Gasteiger partial charge on any atom is -0.503 e. The van der Waals surface area contributed by atoms with Crippen molar-refractivity contribution in [1.82, 2.24) is 0 Å². The first-order chi connectivity index (χ1) is 12.6. The van der Waals surface area contributed by atoms with Gasteiger partial charge in [-0.3, -0.25) is 4.79 Å². The number of phenols is 1. The van der Waals surface area contributed by atoms with Gasteiger partial charge in [0.1, 0.15) is 0 Å². The zero-order chi connectivity index (χ0) is 18.5. The third-order valence-electron chi connectivity index (χ3n) is 4.97. The van der Waals surface area contributed by atoms with Crippen LogP contribution in [0.1, 0.15) is 59.5 Å². The zero-order valence-corrected chi connectivity index (χ0v) is 16.5. The number of ketones is 1. The molecular weight excluding hydrogens is 392 g/mol. The van der Waals surface area contributed by atoms with Gasteiger partial charge in [0.2, 0.25) is 0 Å². The molecule has 0 radical (unpaired) electrons. The van der Waals surface area contributed by atoms with Crippen molar-refractivity contribution in [1.29, 1.82) is 0 Å². The molecule has 1 fully saturated rings. The Hall–Kier alpha value is -2.07. The van der Waals surface area contributed by atoms with E-state index in [-0.39, 0.29) is 11.5 Å². The van der Waals surface area contributed by atoms with E-state index in [0.29, 0.717) is 21.7 Å². The fourth-order valence-electron chi connectivity index (χ4n) is 3.47. The number of carbonyl (C=O) groups is 1. The van der Waals surface area contributed by atoms with Gasteiger partial charge in [-0.05, 0) is 64.0 Å². The van der Waals surface area contributed by atoms with Gasteiger partial charge in [-0.25, -0.2) is 0 Å². The highest BCUT2D eigenvalue weighted by Crippen LogP contribution is 2.35. The summed E-state index contributed by atoms with van der Waals surface area (Å²) in [5, 5.41) is 9.85. The van der Waals surface area contributed by atoms with Crippen LogP contribution < -0.4 is 4.74 Å². The molecule has 136 valence electrons. The molecule has 1 aliphatic carbocycles. The lowest BCUT2D eigenvalue weighted by Gasteiger charge is -2.21. The highest BCUT2D eigenvalue weighted by Gasteiger charge is 2.15. The number of benzene rings is 2. The second-order valence-corrected chi connectivity index (χ2v) is 7.56. The number of aromatic hydroxyl groups is 1. The number of phenolic OH excluding ortho intramolecular Hbond substituents is 1. The normalized spacial score (nSPS) is 15.3. The molecular formula is C22H23BrO3. The van der Waals surface area contributed by atoms with Crippen LogP contribution in [0.3, 0.4) is 0 Å². The summed E-state index contributed by atoms with van der Waals surface area (Å²) in [6, 6.07) is 11.5. The van der Waals surface area contributed by atoms with Crippen molar-refractivity contribution in [2.24, 2.45) is 0 Å². The quantitative estimate of drug-likeness (QED) is 0.474. The lowest BCUT2D eigenvalue weighted by Crippen LogP contribution is -2.05. The van der Waals surface area contributed by atoms with E-state index in [1.54, 1.807) is 24.3 Å². The van der Waals surface area contributed by atoms with E-state index in [2.05, 4.69) is 28.1 Å². The molecule has 0 bridgehead atoms. The lowest BCUT2D eigenvalue weighted by atomic mass is 9.84. The van der Waals surface area contributed by atoms with Gasteiger partial charge in [0.05, 0.1) is 11.6 Å². The van der Waals surface area contributed by atoms with E-state index in [9.17, 15) is 9.90 Å². The molecule has 1 saturated carbocycles. The molecule has 0 heterocycles. The first-order valence-electron chi connectivity index (χ1n) is 8.97. The molecule has 3 nitrogen and oxygen atoms in total. The molecule has 4 heteroatoms. The number of methoxy groups -OCH3 is 1. The van der Waals surface area contributed by atoms with Crippen molar-refractivity contribution in [3.8, 4) is 11.5 Å². The Balaban J connectivity index is 1.71. The number of rotatable bonds is 5. The van der Waals surface area contributed by atoms with E-state index in [1.165, 1.54) is 44.8 Å². The van der Waals surface area contributed by atoms with Crippen molar-refractivity contribution in [2.75, 3.05) is 7.11 Å². The molecule has 0 unspecified atom stereocenters. The van der Waals surface area contributed by atoms with Gasteiger partial charge in [0, 0.05) is 5.56 Å². The lowest BCUT2D eigenvalue weighted by molar-refractivity contribution is 0.104. The van der Waals surface area contributed by atoms with E-state index >= 15 is 0 Å². The van der Waals surface area contributed by atoms with Gasteiger partial charge in [-0.1, -0.05) is 49.6 Å². The predicted octanol–water partition coefficient (Wildman–Crippen LogP) is 6.11. The molecule has 2 aromatic carbocycles. The van der Waals surface area contributed by atoms with Crippen molar-refractivity contribution < 1.29 is 14.6 Å². The third-order valence-corrected chi connectivity index (χ3v) is 5.57. The SMILES string of the molecule is COc1cc(/C=C/C(=O)c2ccc(C3CCCCC3)cc2)cc(Br)c1O. The smallest absolute Gasteiger partial charge is 0.185 e. The number of ether oxygens (including phenoxy) is 1. The van der Waals surface area contributed by atoms with Crippen LogP contribution in [-0.4, -0.2) is 18.0 Å². The first kappa shape index (κ1) is 18.7. The number of halogens is 1. The molecule has 0 spiro atoms. The molecule has 2 aromatic rings. The number of carbonyl (C=O) groups excluding carboxylic acids is 1. The number of hydrogen-bond donors (Lipinski definition) is 1. The van der Waals surface area contributed by atoms with Crippen LogP contribution >= 0.6 is 15.9 Å². The van der Waals surface area contributed by atoms with E-state index in [1.807, 2.05) is 12.1 Å². The summed E-state index contributed by atoms with van der Waals surface area (Å²) in [7, 11) is 1.49. The molecule has 0 aromatic heterocycles. The Morgan fingerprint density at radius 1 is 1.15 bits per heavy atom. The highest BCUT2D eigenvalue weighted by atomic mass is 79.9. The number of hydrogen-bond acceptors (Lipinski definition) is 3. The molecule has 0 aliphatic heterocycles. The standard InChI is InChI=1S/C22H23BrO3/c1-26-21-14-15(13-19(23)22(21)25)7-12-20(24)18-10-8-17(9-11-18)16-5-3-2-4-6-16/h7-14,16,25H,2-6H2,1H3/b12-7+. The molecule has 3 rings (SSSR count). The molecule has 1 N–H and O–H groups in total. The topological polar surface area (TPSA) is 46.5 Å². The Morgan fingerprint density at radius 2 is 1.85 bits per heavy atom. The summed E-state index contributed by atoms with van der Waals surface area (Å²) < 4.78 is 5.66. The van der Waals surface area contributed by atoms with Crippen LogP contribution in [0.25, 0.3) is 6.08 Å². The minimum atomic E-state index is -0.0386. The maximum atomic E-state index is 12.4. The second kappa shape index (κ2) is 8.54. The van der Waals surface area contributed by atoms with Crippen molar-refractivity contribution >= 4 is 27.8 Å². The summed E-state index contributed by atoms with van der Waals surface area (Å²) in [6.07, 6.45) is 9.74. The maximum absolute atomic E-state index is 12.4. The second-order valence-electron chi connectivity index (χ2n) is 6.71. The average Bonchev–Trinajstić information content (AvgIpc) is 2.69. The van der Waals surface area contributed by atoms with Crippen LogP contribution in [0.15, 0.2) is 46.9 Å². The van der Waals surface area contributed by atoms with Gasteiger partial charge in [-0.15, -0.1) is 0 Å². The van der Waals surface area contributed by atoms with Crippen molar-refractivity contribution in [3.63, 3.8) is 0 Å². The summed E-state index contributed by atoms with van der Waals surface area (Å²) >= 11 is 3.29. The van der Waals surface area contributed by atoms with Crippen LogP contribution in [0.2, 0.25) is 0 Å². The van der Waals surface area contributed by atoms with Crippen LogP contribution in [0, 0.1) is 0 Å². The van der Waals surface area contributed by atoms with Crippen LogP contribution in [0.4, 0.5) is 0 Å². The van der Waals surface area contributed by atoms with Crippen molar-refractivity contribution in [2.45, 2.75) is 38.0 Å². The fourth-order valence-corrected chi connectivity index (χ4v) is 3.93. The van der Waals surface area contributed by atoms with Gasteiger partial charge in [0.15, 0.2) is 17.3 Å². The summed E-state index contributed by atoms with van der Waals surface area (Å²) in [5.74, 6) is 1.02. The van der Waals surface area contributed by atoms with E-state index < -0.39 is 0 Å².